The molecule has 0 radical (unpaired) electrons. The van der Waals surface area contributed by atoms with Crippen LogP contribution in [0.1, 0.15) is 30.8 Å². The highest BCUT2D eigenvalue weighted by Gasteiger charge is 1.93. The Hall–Kier alpha value is -1.35. The SMILES string of the molecule is [2H]C([2H])(O)C([2H])([2H])C/C(C)=N\OCc1ccccc1. The third kappa shape index (κ3) is 5.18. The summed E-state index contributed by atoms with van der Waals surface area (Å²) in [7, 11) is 0. The molecule has 0 heterocycles. The van der Waals surface area contributed by atoms with Crippen molar-refractivity contribution in [3.63, 3.8) is 0 Å². The van der Waals surface area contributed by atoms with E-state index in [4.69, 9.17) is 15.4 Å². The fourth-order valence-corrected chi connectivity index (χ4v) is 0.991. The molecular weight excluding hydrogens is 190 g/mol. The Balaban J connectivity index is 2.50. The molecule has 0 saturated carbocycles. The second-order valence-electron chi connectivity index (χ2n) is 3.05. The van der Waals surface area contributed by atoms with Gasteiger partial charge in [-0.25, -0.2) is 0 Å². The highest BCUT2D eigenvalue weighted by molar-refractivity contribution is 5.81. The Morgan fingerprint density at radius 3 is 2.87 bits per heavy atom. The van der Waals surface area contributed by atoms with Crippen molar-refractivity contribution in [1.82, 2.24) is 0 Å². The van der Waals surface area contributed by atoms with Crippen LogP contribution in [0, 0.1) is 0 Å². The first kappa shape index (κ1) is 7.01. The fraction of sp³-hybridized carbons (Fsp3) is 0.417. The number of hydrogen-bond donors (Lipinski definition) is 1. The number of benzene rings is 1. The predicted molar refractivity (Wildman–Crippen MR) is 60.7 cm³/mol. The van der Waals surface area contributed by atoms with E-state index in [0.717, 1.165) is 5.56 Å². The lowest BCUT2D eigenvalue weighted by molar-refractivity contribution is 0.129. The van der Waals surface area contributed by atoms with Gasteiger partial charge in [0.25, 0.3) is 0 Å². The van der Waals surface area contributed by atoms with Crippen molar-refractivity contribution in [3.05, 3.63) is 35.9 Å². The van der Waals surface area contributed by atoms with E-state index in [1.165, 1.54) is 6.92 Å². The minimum atomic E-state index is -2.91. The summed E-state index contributed by atoms with van der Waals surface area (Å²) < 4.78 is 28.8. The lowest BCUT2D eigenvalue weighted by atomic mass is 10.2. The maximum atomic E-state index is 9.06. The Kier molecular flexibility index (Phi) is 3.28. The summed E-state index contributed by atoms with van der Waals surface area (Å²) >= 11 is 0. The van der Waals surface area contributed by atoms with E-state index in [-0.39, 0.29) is 18.7 Å². The predicted octanol–water partition coefficient (Wildman–Crippen LogP) is 2.35. The molecule has 0 spiro atoms. The normalized spacial score (nSPS) is 17.3. The highest BCUT2D eigenvalue weighted by atomic mass is 16.6. The molecule has 1 aromatic rings. The zero-order valence-electron chi connectivity index (χ0n) is 12.6. The Morgan fingerprint density at radius 2 is 2.20 bits per heavy atom. The summed E-state index contributed by atoms with van der Waals surface area (Å²) in [6.45, 7) is -1.13. The first-order chi connectivity index (χ1) is 8.72. The monoisotopic (exact) mass is 211 g/mol. The molecule has 0 amide bonds. The van der Waals surface area contributed by atoms with Gasteiger partial charge in [0, 0.05) is 9.30 Å². The van der Waals surface area contributed by atoms with Crippen LogP contribution in [0.15, 0.2) is 35.5 Å². The molecule has 82 valence electrons. The molecule has 0 aliphatic carbocycles. The van der Waals surface area contributed by atoms with Gasteiger partial charge >= 0.3 is 0 Å². The minimum absolute atomic E-state index is 0.257. The molecule has 0 unspecified atom stereocenters. The van der Waals surface area contributed by atoms with Crippen LogP contribution in [0.5, 0.6) is 0 Å². The first-order valence-corrected chi connectivity index (χ1v) is 4.64. The summed E-state index contributed by atoms with van der Waals surface area (Å²) in [5.74, 6) is 0. The van der Waals surface area contributed by atoms with Gasteiger partial charge < -0.3 is 9.94 Å². The number of hydrogen-bond acceptors (Lipinski definition) is 3. The van der Waals surface area contributed by atoms with Crippen LogP contribution in [0.2, 0.25) is 0 Å². The Bertz CT molecular complexity index is 429. The van der Waals surface area contributed by atoms with Crippen LogP contribution in [-0.4, -0.2) is 17.4 Å². The lowest BCUT2D eigenvalue weighted by Crippen LogP contribution is -1.96. The van der Waals surface area contributed by atoms with E-state index in [9.17, 15) is 0 Å². The van der Waals surface area contributed by atoms with Gasteiger partial charge in [0.1, 0.15) is 6.61 Å². The van der Waals surface area contributed by atoms with E-state index in [2.05, 4.69) is 5.16 Å². The van der Waals surface area contributed by atoms with Gasteiger partial charge in [0.05, 0.1) is 8.45 Å². The van der Waals surface area contributed by atoms with E-state index in [1.54, 1.807) is 0 Å². The third-order valence-corrected chi connectivity index (χ3v) is 1.72. The van der Waals surface area contributed by atoms with Crippen LogP contribution < -0.4 is 0 Å². The van der Waals surface area contributed by atoms with Crippen molar-refractivity contribution in [1.29, 1.82) is 0 Å². The third-order valence-electron chi connectivity index (χ3n) is 1.72. The smallest absolute Gasteiger partial charge is 0.142 e. The Morgan fingerprint density at radius 1 is 1.47 bits per heavy atom. The standard InChI is InChI=1S/C12H17NO2/c1-11(6-5-9-14)13-15-10-12-7-3-2-4-8-12/h2-4,7-8,14H,5-6,9-10H2,1H3/b13-11-/i5D2,9D2. The first-order valence-electron chi connectivity index (χ1n) is 6.64. The molecule has 3 heteroatoms. The summed E-state index contributed by atoms with van der Waals surface area (Å²) in [6.07, 6.45) is -2.75. The maximum absolute atomic E-state index is 9.06. The van der Waals surface area contributed by atoms with Crippen molar-refractivity contribution in [2.45, 2.75) is 26.3 Å². The molecule has 0 aliphatic rings. The summed E-state index contributed by atoms with van der Waals surface area (Å²) in [4.78, 5) is 5.06. The van der Waals surface area contributed by atoms with Gasteiger partial charge in [-0.1, -0.05) is 35.5 Å². The summed E-state index contributed by atoms with van der Waals surface area (Å²) in [5.41, 5.74) is 1.21. The van der Waals surface area contributed by atoms with Crippen LogP contribution in [0.3, 0.4) is 0 Å². The number of aliphatic hydroxyl groups is 1. The van der Waals surface area contributed by atoms with Gasteiger partial charge in [0.15, 0.2) is 0 Å². The molecule has 0 atom stereocenters. The summed E-state index contributed by atoms with van der Waals surface area (Å²) in [6, 6.07) is 9.37. The topological polar surface area (TPSA) is 41.8 Å². The number of nitrogens with zero attached hydrogens (tertiary/aromatic N) is 1. The average molecular weight is 211 g/mol. The summed E-state index contributed by atoms with van der Waals surface area (Å²) in [5, 5.41) is 12.8. The van der Waals surface area contributed by atoms with E-state index in [0.29, 0.717) is 0 Å². The molecule has 0 fully saturated rings. The molecule has 0 bridgehead atoms. The largest absolute Gasteiger partial charge is 0.396 e. The molecule has 0 aromatic heterocycles. The lowest BCUT2D eigenvalue weighted by Gasteiger charge is -2.01. The second kappa shape index (κ2) is 7.01. The van der Waals surface area contributed by atoms with Gasteiger partial charge in [-0.2, -0.15) is 0 Å². The van der Waals surface area contributed by atoms with Gasteiger partial charge in [-0.3, -0.25) is 0 Å². The molecular formula is C12H17NO2. The molecule has 1 N–H and O–H groups in total. The van der Waals surface area contributed by atoms with Crippen molar-refractivity contribution < 1.29 is 15.4 Å². The van der Waals surface area contributed by atoms with Crippen molar-refractivity contribution >= 4 is 5.71 Å². The van der Waals surface area contributed by atoms with Gasteiger partial charge in [-0.05, 0) is 25.3 Å². The zero-order valence-corrected chi connectivity index (χ0v) is 8.60. The quantitative estimate of drug-likeness (QED) is 0.579. The zero-order chi connectivity index (χ0) is 14.5. The van der Waals surface area contributed by atoms with Crippen LogP contribution in [0.25, 0.3) is 0 Å². The molecule has 1 rings (SSSR count). The van der Waals surface area contributed by atoms with Crippen LogP contribution in [-0.2, 0) is 11.4 Å². The second-order valence-corrected chi connectivity index (χ2v) is 3.05. The van der Waals surface area contributed by atoms with Crippen LogP contribution >= 0.6 is 0 Å². The molecule has 1 aromatic carbocycles. The van der Waals surface area contributed by atoms with Crippen molar-refractivity contribution in [3.8, 4) is 0 Å². The molecule has 3 nitrogen and oxygen atoms in total. The van der Waals surface area contributed by atoms with Crippen LogP contribution in [0.4, 0.5) is 0 Å². The van der Waals surface area contributed by atoms with E-state index in [1.807, 2.05) is 30.3 Å². The van der Waals surface area contributed by atoms with Gasteiger partial charge in [0.2, 0.25) is 0 Å². The Labute approximate surface area is 96.0 Å². The maximum Gasteiger partial charge on any atom is 0.142 e. The van der Waals surface area contributed by atoms with Gasteiger partial charge in [-0.15, -0.1) is 0 Å². The number of oxime groups is 1. The molecule has 0 aliphatic heterocycles. The average Bonchev–Trinajstić information content (AvgIpc) is 2.28. The molecule has 15 heavy (non-hydrogen) atoms. The highest BCUT2D eigenvalue weighted by Crippen LogP contribution is 2.01. The molecule has 0 saturated heterocycles. The van der Waals surface area contributed by atoms with E-state index < -0.39 is 12.9 Å². The van der Waals surface area contributed by atoms with Crippen molar-refractivity contribution in [2.75, 3.05) is 6.56 Å². The van der Waals surface area contributed by atoms with E-state index >= 15 is 0 Å². The fourth-order valence-electron chi connectivity index (χ4n) is 0.991. The minimum Gasteiger partial charge on any atom is -0.396 e. The van der Waals surface area contributed by atoms with Crippen molar-refractivity contribution in [2.24, 2.45) is 5.16 Å². The number of rotatable bonds is 6.